The Morgan fingerprint density at radius 2 is 2.13 bits per heavy atom. The molecule has 2 heteroatoms. The highest BCUT2D eigenvalue weighted by atomic mass is 14.8. The van der Waals surface area contributed by atoms with Gasteiger partial charge in [-0.3, -0.25) is 0 Å². The van der Waals surface area contributed by atoms with Crippen LogP contribution in [0.3, 0.4) is 0 Å². The second-order valence-electron chi connectivity index (χ2n) is 3.32. The monoisotopic (exact) mass is 198 g/mol. The van der Waals surface area contributed by atoms with Crippen LogP contribution in [0.1, 0.15) is 23.1 Å². The first-order valence-corrected chi connectivity index (χ1v) is 4.92. The lowest BCUT2D eigenvalue weighted by atomic mass is 10.1. The molecule has 1 aromatic carbocycles. The minimum atomic E-state index is 0.659. The lowest BCUT2D eigenvalue weighted by molar-refractivity contribution is 0.818. The zero-order valence-corrected chi connectivity index (χ0v) is 9.09. The molecule has 0 saturated heterocycles. The topological polar surface area (TPSA) is 35.8 Å². The molecule has 0 fully saturated rings. The van der Waals surface area contributed by atoms with Gasteiger partial charge in [0.1, 0.15) is 6.07 Å². The van der Waals surface area contributed by atoms with Crippen molar-refractivity contribution < 1.29 is 0 Å². The fourth-order valence-corrected chi connectivity index (χ4v) is 1.20. The number of nitrogens with one attached hydrogen (secondary N) is 1. The van der Waals surface area contributed by atoms with Gasteiger partial charge >= 0.3 is 0 Å². The lowest BCUT2D eigenvalue weighted by Gasteiger charge is -1.96. The molecule has 0 aromatic heterocycles. The van der Waals surface area contributed by atoms with Gasteiger partial charge in [-0.2, -0.15) is 5.26 Å². The predicted octanol–water partition coefficient (Wildman–Crippen LogP) is 1.83. The Morgan fingerprint density at radius 3 is 2.80 bits per heavy atom. The van der Waals surface area contributed by atoms with Gasteiger partial charge in [-0.15, -0.1) is 0 Å². The predicted molar refractivity (Wildman–Crippen MR) is 61.3 cm³/mol. The zero-order valence-electron chi connectivity index (χ0n) is 9.09. The van der Waals surface area contributed by atoms with Crippen LogP contribution in [0.25, 0.3) is 0 Å². The maximum atomic E-state index is 8.92. The van der Waals surface area contributed by atoms with Crippen LogP contribution >= 0.6 is 0 Å². The number of nitrogens with zero attached hydrogens (tertiary/aromatic N) is 1. The smallest absolute Gasteiger partial charge is 0.100 e. The first-order chi connectivity index (χ1) is 7.27. The van der Waals surface area contributed by atoms with E-state index in [4.69, 9.17) is 5.26 Å². The molecular weight excluding hydrogens is 184 g/mol. The molecule has 2 nitrogen and oxygen atoms in total. The van der Waals surface area contributed by atoms with E-state index >= 15 is 0 Å². The van der Waals surface area contributed by atoms with E-state index in [1.54, 1.807) is 0 Å². The van der Waals surface area contributed by atoms with Gasteiger partial charge in [0.05, 0.1) is 5.56 Å². The molecule has 1 aromatic rings. The Labute approximate surface area is 90.9 Å². The summed E-state index contributed by atoms with van der Waals surface area (Å²) in [5, 5.41) is 11.9. The Kier molecular flexibility index (Phi) is 4.41. The quantitative estimate of drug-likeness (QED) is 0.581. The molecule has 0 aliphatic rings. The van der Waals surface area contributed by atoms with Crippen molar-refractivity contribution in [2.75, 3.05) is 13.6 Å². The van der Waals surface area contributed by atoms with Crippen LogP contribution in [0, 0.1) is 30.1 Å². The third-order valence-electron chi connectivity index (χ3n) is 2.02. The Morgan fingerprint density at radius 1 is 1.33 bits per heavy atom. The molecule has 0 bridgehead atoms. The van der Waals surface area contributed by atoms with Crippen molar-refractivity contribution in [2.45, 2.75) is 13.3 Å². The van der Waals surface area contributed by atoms with Crippen molar-refractivity contribution >= 4 is 0 Å². The van der Waals surface area contributed by atoms with Gasteiger partial charge in [0, 0.05) is 18.5 Å². The highest BCUT2D eigenvalue weighted by Gasteiger charge is 1.97. The largest absolute Gasteiger partial charge is 0.319 e. The zero-order chi connectivity index (χ0) is 11.1. The summed E-state index contributed by atoms with van der Waals surface area (Å²) in [4.78, 5) is 0. The first-order valence-electron chi connectivity index (χ1n) is 4.92. The van der Waals surface area contributed by atoms with E-state index in [-0.39, 0.29) is 0 Å². The van der Waals surface area contributed by atoms with E-state index in [0.717, 1.165) is 24.1 Å². The lowest BCUT2D eigenvalue weighted by Crippen LogP contribution is -2.05. The van der Waals surface area contributed by atoms with Gasteiger partial charge in [0.15, 0.2) is 0 Å². The summed E-state index contributed by atoms with van der Waals surface area (Å²) in [5.41, 5.74) is 2.57. The van der Waals surface area contributed by atoms with Crippen LogP contribution in [0.15, 0.2) is 18.2 Å². The standard InChI is InChI=1S/C13H14N2/c1-11-6-7-12(13(9-11)10-14)5-3-4-8-15-2/h6-7,9,15H,4,8H2,1-2H3. The van der Waals surface area contributed by atoms with Crippen LogP contribution < -0.4 is 5.32 Å². The summed E-state index contributed by atoms with van der Waals surface area (Å²) >= 11 is 0. The Balaban J connectivity index is 2.84. The van der Waals surface area contributed by atoms with Crippen molar-refractivity contribution in [3.63, 3.8) is 0 Å². The van der Waals surface area contributed by atoms with Gasteiger partial charge in [0.2, 0.25) is 0 Å². The second kappa shape index (κ2) is 5.86. The van der Waals surface area contributed by atoms with E-state index in [1.165, 1.54) is 0 Å². The average molecular weight is 198 g/mol. The number of hydrogen-bond donors (Lipinski definition) is 1. The summed E-state index contributed by atoms with van der Waals surface area (Å²) in [7, 11) is 1.90. The molecule has 0 aliphatic carbocycles. The third-order valence-corrected chi connectivity index (χ3v) is 2.02. The Bertz CT molecular complexity index is 430. The van der Waals surface area contributed by atoms with Gasteiger partial charge in [-0.1, -0.05) is 17.9 Å². The van der Waals surface area contributed by atoms with Crippen molar-refractivity contribution in [3.05, 3.63) is 34.9 Å². The molecule has 0 unspecified atom stereocenters. The summed E-state index contributed by atoms with van der Waals surface area (Å²) in [6.07, 6.45) is 0.801. The van der Waals surface area contributed by atoms with Crippen LogP contribution in [-0.2, 0) is 0 Å². The van der Waals surface area contributed by atoms with Crippen molar-refractivity contribution in [2.24, 2.45) is 0 Å². The highest BCUT2D eigenvalue weighted by Crippen LogP contribution is 2.09. The molecule has 15 heavy (non-hydrogen) atoms. The van der Waals surface area contributed by atoms with E-state index in [2.05, 4.69) is 23.2 Å². The molecule has 0 saturated carbocycles. The number of benzene rings is 1. The van der Waals surface area contributed by atoms with Crippen LogP contribution in [0.4, 0.5) is 0 Å². The minimum absolute atomic E-state index is 0.659. The minimum Gasteiger partial charge on any atom is -0.319 e. The molecule has 0 atom stereocenters. The summed E-state index contributed by atoms with van der Waals surface area (Å²) in [6.45, 7) is 2.85. The maximum absolute atomic E-state index is 8.92. The van der Waals surface area contributed by atoms with Crippen molar-refractivity contribution in [1.82, 2.24) is 5.32 Å². The molecule has 76 valence electrons. The van der Waals surface area contributed by atoms with E-state index in [1.807, 2.05) is 32.2 Å². The molecule has 0 aliphatic heterocycles. The number of nitriles is 1. The first kappa shape index (κ1) is 11.3. The van der Waals surface area contributed by atoms with E-state index < -0.39 is 0 Å². The SMILES string of the molecule is CNCCC#Cc1ccc(C)cc1C#N. The maximum Gasteiger partial charge on any atom is 0.100 e. The fourth-order valence-electron chi connectivity index (χ4n) is 1.20. The van der Waals surface area contributed by atoms with Crippen molar-refractivity contribution in [1.29, 1.82) is 5.26 Å². The van der Waals surface area contributed by atoms with E-state index in [0.29, 0.717) is 5.56 Å². The van der Waals surface area contributed by atoms with Gasteiger partial charge < -0.3 is 5.32 Å². The fraction of sp³-hybridized carbons (Fsp3) is 0.308. The van der Waals surface area contributed by atoms with Gasteiger partial charge in [-0.25, -0.2) is 0 Å². The molecule has 0 heterocycles. The number of rotatable bonds is 2. The van der Waals surface area contributed by atoms with Gasteiger partial charge in [0.25, 0.3) is 0 Å². The molecule has 1 rings (SSSR count). The van der Waals surface area contributed by atoms with Crippen LogP contribution in [-0.4, -0.2) is 13.6 Å². The summed E-state index contributed by atoms with van der Waals surface area (Å²) in [5.74, 6) is 6.05. The van der Waals surface area contributed by atoms with Gasteiger partial charge in [-0.05, 0) is 31.7 Å². The Hall–Kier alpha value is -1.77. The summed E-state index contributed by atoms with van der Waals surface area (Å²) < 4.78 is 0. The number of aryl methyl sites for hydroxylation is 1. The van der Waals surface area contributed by atoms with Crippen molar-refractivity contribution in [3.8, 4) is 17.9 Å². The average Bonchev–Trinajstić information content (AvgIpc) is 2.26. The highest BCUT2D eigenvalue weighted by molar-refractivity contribution is 5.49. The normalized spacial score (nSPS) is 8.87. The van der Waals surface area contributed by atoms with Crippen LogP contribution in [0.5, 0.6) is 0 Å². The molecular formula is C13H14N2. The molecule has 0 amide bonds. The number of hydrogen-bond acceptors (Lipinski definition) is 2. The molecule has 0 spiro atoms. The summed E-state index contributed by atoms with van der Waals surface area (Å²) in [6, 6.07) is 7.90. The molecule has 0 radical (unpaired) electrons. The van der Waals surface area contributed by atoms with Crippen LogP contribution in [0.2, 0.25) is 0 Å². The molecule has 1 N–H and O–H groups in total. The van der Waals surface area contributed by atoms with E-state index in [9.17, 15) is 0 Å². The second-order valence-corrected chi connectivity index (χ2v) is 3.32. The third kappa shape index (κ3) is 3.46.